The third-order valence-electron chi connectivity index (χ3n) is 5.04. The first-order valence-corrected chi connectivity index (χ1v) is 12.7. The van der Waals surface area contributed by atoms with Crippen molar-refractivity contribution < 1.29 is 27.0 Å². The highest BCUT2D eigenvalue weighted by molar-refractivity contribution is 7.87. The smallest absolute Gasteiger partial charge is 0.339 e. The number of nitrogens with one attached hydrogen (secondary N) is 1. The number of urea groups is 1. The average molecular weight is 566 g/mol. The summed E-state index contributed by atoms with van der Waals surface area (Å²) in [5.74, 6) is -1.97. The molecule has 1 N–H and O–H groups in total. The maximum atomic E-state index is 13.0. The minimum atomic E-state index is -4.14. The topological polar surface area (TPSA) is 110 Å². The van der Waals surface area contributed by atoms with Gasteiger partial charge in [-0.25, -0.2) is 9.69 Å². The summed E-state index contributed by atoms with van der Waals surface area (Å²) in [7, 11) is -4.14. The normalized spacial score (nSPS) is 15.3. The second-order valence-electron chi connectivity index (χ2n) is 7.60. The zero-order valence-electron chi connectivity index (χ0n) is 18.3. The van der Waals surface area contributed by atoms with Crippen molar-refractivity contribution in [1.29, 1.82) is 0 Å². The summed E-state index contributed by atoms with van der Waals surface area (Å²) in [6.07, 6.45) is 1.21. The lowest BCUT2D eigenvalue weighted by Crippen LogP contribution is -2.54. The van der Waals surface area contributed by atoms with Crippen LogP contribution < -0.4 is 14.4 Å². The van der Waals surface area contributed by atoms with E-state index in [1.54, 1.807) is 12.1 Å². The first-order chi connectivity index (χ1) is 17.0. The second-order valence-corrected chi connectivity index (χ2v) is 10.4. The van der Waals surface area contributed by atoms with Crippen LogP contribution in [0.4, 0.5) is 10.5 Å². The molecule has 0 unspecified atom stereocenters. The summed E-state index contributed by atoms with van der Waals surface area (Å²) < 4.78 is 30.3. The van der Waals surface area contributed by atoms with E-state index in [4.69, 9.17) is 39.0 Å². The van der Waals surface area contributed by atoms with Crippen molar-refractivity contribution in [3.05, 3.63) is 92.4 Å². The lowest BCUT2D eigenvalue weighted by Gasteiger charge is -2.26. The maximum absolute atomic E-state index is 13.0. The van der Waals surface area contributed by atoms with Crippen LogP contribution in [0.3, 0.4) is 0 Å². The highest BCUT2D eigenvalue weighted by Gasteiger charge is 2.37. The zero-order valence-corrected chi connectivity index (χ0v) is 21.4. The average Bonchev–Trinajstić information content (AvgIpc) is 2.81. The number of nitrogens with zero attached hydrogens (tertiary/aromatic N) is 1. The molecule has 4 rings (SSSR count). The van der Waals surface area contributed by atoms with Crippen molar-refractivity contribution in [2.45, 2.75) is 11.8 Å². The Kier molecular flexibility index (Phi) is 7.10. The fraction of sp³-hybridized carbons (Fsp3) is 0.0417. The van der Waals surface area contributed by atoms with Gasteiger partial charge in [-0.2, -0.15) is 8.42 Å². The summed E-state index contributed by atoms with van der Waals surface area (Å²) in [5.41, 5.74) is 0.901. The van der Waals surface area contributed by atoms with Gasteiger partial charge < -0.3 is 4.18 Å². The Hall–Kier alpha value is -3.37. The summed E-state index contributed by atoms with van der Waals surface area (Å²) in [5, 5.41) is 2.34. The summed E-state index contributed by atoms with van der Waals surface area (Å²) in [6.45, 7) is 1.82. The van der Waals surface area contributed by atoms with Crippen molar-refractivity contribution in [3.63, 3.8) is 0 Å². The van der Waals surface area contributed by atoms with E-state index in [1.165, 1.54) is 54.6 Å². The number of halogens is 3. The minimum Gasteiger partial charge on any atom is -0.377 e. The van der Waals surface area contributed by atoms with Crippen LogP contribution in [-0.4, -0.2) is 26.3 Å². The fourth-order valence-corrected chi connectivity index (χ4v) is 4.74. The van der Waals surface area contributed by atoms with Crippen molar-refractivity contribution in [3.8, 4) is 5.75 Å². The number of imide groups is 2. The predicted molar refractivity (Wildman–Crippen MR) is 136 cm³/mol. The molecule has 0 atom stereocenters. The molecule has 4 amide bonds. The molecule has 0 saturated carbocycles. The number of carbonyl (C=O) groups excluding carboxylic acids is 3. The molecule has 0 bridgehead atoms. The molecule has 0 spiro atoms. The van der Waals surface area contributed by atoms with Crippen LogP contribution in [0.1, 0.15) is 11.1 Å². The molecule has 0 aliphatic carbocycles. The van der Waals surface area contributed by atoms with Crippen LogP contribution in [0, 0.1) is 6.92 Å². The monoisotopic (exact) mass is 564 g/mol. The molecular formula is C24H15Cl3N2O6S. The first-order valence-electron chi connectivity index (χ1n) is 10.1. The first kappa shape index (κ1) is 25.7. The molecule has 1 heterocycles. The van der Waals surface area contributed by atoms with Crippen molar-refractivity contribution in [2.24, 2.45) is 0 Å². The third kappa shape index (κ3) is 5.24. The van der Waals surface area contributed by atoms with Crippen LogP contribution >= 0.6 is 34.8 Å². The fourth-order valence-electron chi connectivity index (χ4n) is 3.23. The predicted octanol–water partition coefficient (Wildman–Crippen LogP) is 5.39. The molecule has 1 fully saturated rings. The number of benzene rings is 3. The Morgan fingerprint density at radius 2 is 1.56 bits per heavy atom. The van der Waals surface area contributed by atoms with Crippen LogP contribution in [0.2, 0.25) is 15.1 Å². The number of hydrogen-bond donors (Lipinski definition) is 1. The molecule has 0 aromatic heterocycles. The van der Waals surface area contributed by atoms with E-state index >= 15 is 0 Å². The Balaban J connectivity index is 1.62. The minimum absolute atomic E-state index is 0.0492. The quantitative estimate of drug-likeness (QED) is 0.252. The van der Waals surface area contributed by atoms with Gasteiger partial charge in [-0.1, -0.05) is 58.6 Å². The van der Waals surface area contributed by atoms with Crippen LogP contribution in [0.25, 0.3) is 6.08 Å². The van der Waals surface area contributed by atoms with E-state index in [0.717, 1.165) is 10.5 Å². The molecule has 36 heavy (non-hydrogen) atoms. The number of aryl methyl sites for hydroxylation is 1. The molecule has 1 saturated heterocycles. The highest BCUT2D eigenvalue weighted by Crippen LogP contribution is 2.31. The highest BCUT2D eigenvalue weighted by atomic mass is 35.5. The molecule has 184 valence electrons. The van der Waals surface area contributed by atoms with Gasteiger partial charge >= 0.3 is 16.1 Å². The van der Waals surface area contributed by atoms with E-state index in [9.17, 15) is 22.8 Å². The Morgan fingerprint density at radius 1 is 0.861 bits per heavy atom. The van der Waals surface area contributed by atoms with E-state index in [-0.39, 0.29) is 42.5 Å². The Bertz CT molecular complexity index is 1550. The van der Waals surface area contributed by atoms with E-state index in [1.807, 2.05) is 6.92 Å². The molecule has 3 aromatic carbocycles. The molecular weight excluding hydrogens is 551 g/mol. The van der Waals surface area contributed by atoms with E-state index in [2.05, 4.69) is 5.32 Å². The number of barbiturate groups is 1. The van der Waals surface area contributed by atoms with Gasteiger partial charge in [0.15, 0.2) is 5.75 Å². The molecule has 12 heteroatoms. The van der Waals surface area contributed by atoms with E-state index in [0.29, 0.717) is 0 Å². The van der Waals surface area contributed by atoms with Crippen LogP contribution in [-0.2, 0) is 19.7 Å². The largest absolute Gasteiger partial charge is 0.377 e. The number of hydrogen-bond acceptors (Lipinski definition) is 6. The van der Waals surface area contributed by atoms with Gasteiger partial charge in [0, 0.05) is 0 Å². The Morgan fingerprint density at radius 3 is 2.19 bits per heavy atom. The lowest BCUT2D eigenvalue weighted by molar-refractivity contribution is -0.122. The van der Waals surface area contributed by atoms with Gasteiger partial charge in [-0.3, -0.25) is 14.9 Å². The summed E-state index contributed by atoms with van der Waals surface area (Å²) in [6, 6.07) is 13.2. The third-order valence-corrected chi connectivity index (χ3v) is 7.32. The van der Waals surface area contributed by atoms with Gasteiger partial charge in [-0.05, 0) is 61.0 Å². The van der Waals surface area contributed by atoms with Gasteiger partial charge in [0.25, 0.3) is 11.8 Å². The number of carbonyl (C=O) groups is 3. The van der Waals surface area contributed by atoms with Gasteiger partial charge in [-0.15, -0.1) is 0 Å². The summed E-state index contributed by atoms with van der Waals surface area (Å²) in [4.78, 5) is 38.5. The number of rotatable bonds is 5. The molecule has 1 aliphatic heterocycles. The maximum Gasteiger partial charge on any atom is 0.339 e. The number of anilines is 1. The molecule has 8 nitrogen and oxygen atoms in total. The van der Waals surface area contributed by atoms with Crippen molar-refractivity contribution in [1.82, 2.24) is 5.32 Å². The zero-order chi connectivity index (χ0) is 26.2. The van der Waals surface area contributed by atoms with Gasteiger partial charge in [0.05, 0.1) is 20.8 Å². The van der Waals surface area contributed by atoms with Crippen LogP contribution in [0.5, 0.6) is 5.75 Å². The molecule has 0 radical (unpaired) electrons. The molecule has 3 aromatic rings. The van der Waals surface area contributed by atoms with Crippen LogP contribution in [0.15, 0.2) is 71.1 Å². The standard InChI is InChI=1S/C24H15Cl3N2O6S/c1-13-2-6-16(7-3-13)36(33,34)35-21-9-4-14(11-20(21)27)10-17-22(30)28-24(32)29(23(17)31)15-5-8-18(25)19(26)12-15/h2-12H,1H3,(H,28,30,32)/b17-10+. The van der Waals surface area contributed by atoms with Crippen molar-refractivity contribution >= 4 is 74.5 Å². The van der Waals surface area contributed by atoms with Gasteiger partial charge in [0.1, 0.15) is 10.5 Å². The van der Waals surface area contributed by atoms with Crippen molar-refractivity contribution in [2.75, 3.05) is 4.90 Å². The summed E-state index contributed by atoms with van der Waals surface area (Å²) >= 11 is 18.1. The SMILES string of the molecule is Cc1ccc(S(=O)(=O)Oc2ccc(/C=C3\C(=O)NC(=O)N(c4ccc(Cl)c(Cl)c4)C3=O)cc2Cl)cc1. The molecule has 1 aliphatic rings. The van der Waals surface area contributed by atoms with E-state index < -0.39 is 28.0 Å². The lowest BCUT2D eigenvalue weighted by atomic mass is 10.1. The number of amides is 4. The van der Waals surface area contributed by atoms with Gasteiger partial charge in [0.2, 0.25) is 0 Å². The Labute approximate surface area is 221 Å². The second kappa shape index (κ2) is 9.94.